The Labute approximate surface area is 31.0 Å². The molecule has 2 nitrogen and oxygen atoms in total. The molecule has 0 fully saturated rings. The zero-order valence-electron chi connectivity index (χ0n) is 2.21. The summed E-state index contributed by atoms with van der Waals surface area (Å²) in [5.41, 5.74) is 0. The summed E-state index contributed by atoms with van der Waals surface area (Å²) in [6, 6.07) is 0. The van der Waals surface area contributed by atoms with Crippen LogP contribution in [0.2, 0.25) is 0 Å². The summed E-state index contributed by atoms with van der Waals surface area (Å²) < 4.78 is 17.6. The van der Waals surface area contributed by atoms with E-state index in [-0.39, 0.29) is 4.70 Å². The van der Waals surface area contributed by atoms with Crippen molar-refractivity contribution in [2.24, 2.45) is 0 Å². The zero-order valence-corrected chi connectivity index (χ0v) is 3.03. The average Bonchev–Trinajstić information content (AvgIpc) is 0.811. The van der Waals surface area contributed by atoms with Crippen LogP contribution in [-0.4, -0.2) is 15.1 Å². The second-order valence-corrected chi connectivity index (χ2v) is 0.781. The van der Waals surface area contributed by atoms with Crippen LogP contribution in [-0.2, 0) is 10.1 Å². The molecule has 0 aromatic rings. The van der Waals surface area contributed by atoms with Gasteiger partial charge in [0, 0.05) is 0 Å². The van der Waals surface area contributed by atoms with Gasteiger partial charge in [0.15, 0.2) is 0 Å². The Kier molecular flexibility index (Phi) is 6.75. The van der Waals surface area contributed by atoms with Crippen LogP contribution in [0.15, 0.2) is 0 Å². The van der Waals surface area contributed by atoms with Gasteiger partial charge < -0.3 is 0 Å². The molecule has 5 heteroatoms. The molecule has 29 valence electrons. The summed E-state index contributed by atoms with van der Waals surface area (Å²) in [6.07, 6.45) is 0. The SMILES string of the molecule is F.[B]=S(=O)=O. The van der Waals surface area contributed by atoms with Crippen LogP contribution in [0.5, 0.6) is 0 Å². The molecule has 0 heterocycles. The van der Waals surface area contributed by atoms with E-state index >= 15 is 0 Å². The predicted octanol–water partition coefficient (Wildman–Crippen LogP) is -0.899. The normalized spacial score (nSPS) is 4.60. The summed E-state index contributed by atoms with van der Waals surface area (Å²) in [6.45, 7) is 4.03. The van der Waals surface area contributed by atoms with Crippen LogP contribution >= 0.6 is 0 Å². The van der Waals surface area contributed by atoms with Gasteiger partial charge in [-0.15, -0.1) is 0 Å². The molecule has 0 aromatic carbocycles. The van der Waals surface area contributed by atoms with Crippen LogP contribution in [0.3, 0.4) is 0 Å². The Morgan fingerprint density at radius 3 is 1.40 bits per heavy atom. The van der Waals surface area contributed by atoms with Gasteiger partial charge in [-0.1, -0.05) is 0 Å². The third-order valence-corrected chi connectivity index (χ3v) is 0. The topological polar surface area (TPSA) is 34.1 Å². The van der Waals surface area contributed by atoms with Crippen molar-refractivity contribution in [2.45, 2.75) is 0 Å². The van der Waals surface area contributed by atoms with Crippen LogP contribution in [0.1, 0.15) is 0 Å². The van der Waals surface area contributed by atoms with Crippen molar-refractivity contribution in [1.29, 1.82) is 0 Å². The third kappa shape index (κ3) is 367. The third-order valence-electron chi connectivity index (χ3n) is 0. The average molecular weight is 94.9 g/mol. The Bertz CT molecular complexity index is 79.0. The first-order chi connectivity index (χ1) is 1.73. The van der Waals surface area contributed by atoms with Crippen molar-refractivity contribution in [3.05, 3.63) is 0 Å². The van der Waals surface area contributed by atoms with Crippen molar-refractivity contribution in [2.75, 3.05) is 0 Å². The van der Waals surface area contributed by atoms with E-state index < -0.39 is 10.1 Å². The molecular weight excluding hydrogens is 93.9 g/mol. The quantitative estimate of drug-likeness (QED) is 0.365. The van der Waals surface area contributed by atoms with Crippen molar-refractivity contribution in [1.82, 2.24) is 0 Å². The molecule has 0 unspecified atom stereocenters. The Hall–Kier alpha value is -0.185. The number of rotatable bonds is 0. The molecule has 0 N–H and O–H groups in total. The number of halogens is 1. The maximum atomic E-state index is 8.78. The van der Waals surface area contributed by atoms with Gasteiger partial charge in [0.05, 0.1) is 0 Å². The Morgan fingerprint density at radius 2 is 1.40 bits per heavy atom. The molecule has 0 aliphatic rings. The zero-order chi connectivity index (χ0) is 3.58. The molecule has 0 aliphatic carbocycles. The van der Waals surface area contributed by atoms with Crippen molar-refractivity contribution >= 4 is 16.9 Å². The van der Waals surface area contributed by atoms with Gasteiger partial charge in [0.25, 0.3) is 0 Å². The van der Waals surface area contributed by atoms with E-state index in [9.17, 15) is 0 Å². The summed E-state index contributed by atoms with van der Waals surface area (Å²) >= 11 is 0. The fraction of sp³-hybridized carbons (Fsp3) is 0. The second-order valence-electron chi connectivity index (χ2n) is 0.260. The van der Waals surface area contributed by atoms with Gasteiger partial charge in [-0.25, -0.2) is 0 Å². The first kappa shape index (κ1) is 8.84. The van der Waals surface area contributed by atoms with E-state index in [4.69, 9.17) is 8.42 Å². The van der Waals surface area contributed by atoms with Crippen molar-refractivity contribution in [3.63, 3.8) is 0 Å². The van der Waals surface area contributed by atoms with Gasteiger partial charge in [-0.05, 0) is 0 Å². The van der Waals surface area contributed by atoms with E-state index in [0.29, 0.717) is 0 Å². The molecule has 0 saturated heterocycles. The molecule has 5 heavy (non-hydrogen) atoms. The van der Waals surface area contributed by atoms with Crippen LogP contribution in [0, 0.1) is 0 Å². The molecule has 0 bridgehead atoms. The summed E-state index contributed by atoms with van der Waals surface area (Å²) in [5, 5.41) is 0. The van der Waals surface area contributed by atoms with Gasteiger partial charge in [-0.2, -0.15) is 0 Å². The molecular formula is HBFO2S. The standard InChI is InChI=1S/BO2S.FH/c1-4(2)3;/h;1H. The summed E-state index contributed by atoms with van der Waals surface area (Å²) in [4.78, 5) is 0. The molecule has 0 rings (SSSR count). The van der Waals surface area contributed by atoms with Gasteiger partial charge in [0.1, 0.15) is 0 Å². The van der Waals surface area contributed by atoms with E-state index in [1.165, 1.54) is 0 Å². The first-order valence-electron chi connectivity index (χ1n) is 0.569. The van der Waals surface area contributed by atoms with Gasteiger partial charge in [0.2, 0.25) is 0 Å². The number of hydrogen-bond acceptors (Lipinski definition) is 2. The first-order valence-corrected chi connectivity index (χ1v) is 1.71. The molecule has 0 spiro atoms. The van der Waals surface area contributed by atoms with Crippen molar-refractivity contribution < 1.29 is 13.1 Å². The van der Waals surface area contributed by atoms with Crippen LogP contribution in [0.4, 0.5) is 4.70 Å². The van der Waals surface area contributed by atoms with Crippen LogP contribution in [0.25, 0.3) is 0 Å². The minimum absolute atomic E-state index is 0. The molecule has 0 saturated carbocycles. The predicted molar refractivity (Wildman–Crippen MR) is 17.2 cm³/mol. The van der Waals surface area contributed by atoms with Gasteiger partial charge >= 0.3 is 25.3 Å². The van der Waals surface area contributed by atoms with E-state index in [0.717, 1.165) is 0 Å². The molecule has 0 atom stereocenters. The molecule has 0 aromatic heterocycles. The summed E-state index contributed by atoms with van der Waals surface area (Å²) in [5.74, 6) is 0. The summed E-state index contributed by atoms with van der Waals surface area (Å²) in [7, 11) is -2.36. The van der Waals surface area contributed by atoms with E-state index in [1.54, 1.807) is 0 Å². The molecule has 0 aliphatic heterocycles. The van der Waals surface area contributed by atoms with E-state index in [1.807, 2.05) is 0 Å². The maximum absolute atomic E-state index is 8.78. The Morgan fingerprint density at radius 1 is 1.40 bits per heavy atom. The van der Waals surface area contributed by atoms with Crippen LogP contribution < -0.4 is 0 Å². The van der Waals surface area contributed by atoms with E-state index in [2.05, 4.69) is 6.72 Å². The fourth-order valence-corrected chi connectivity index (χ4v) is 0. The molecule has 1 radical (unpaired) electrons. The second kappa shape index (κ2) is 3.81. The molecule has 0 amide bonds. The van der Waals surface area contributed by atoms with Crippen molar-refractivity contribution in [3.8, 4) is 0 Å². The monoisotopic (exact) mass is 95.0 g/mol. The minimum atomic E-state index is -2.36. The fourth-order valence-electron chi connectivity index (χ4n) is 0. The Balaban J connectivity index is 0. The number of hydrogen-bond donors (Lipinski definition) is 0. The van der Waals surface area contributed by atoms with Gasteiger partial charge in [-0.3, -0.25) is 4.70 Å².